The SMILES string of the molecule is O=C(O)c1ccc(-c2cc(F)ccc2F)[nH]c1=O. The molecule has 0 aliphatic carbocycles. The van der Waals surface area contributed by atoms with Crippen LogP contribution in [0.15, 0.2) is 35.1 Å². The van der Waals surface area contributed by atoms with E-state index in [1.54, 1.807) is 0 Å². The molecule has 0 bridgehead atoms. The number of halogens is 2. The Balaban J connectivity index is 2.59. The van der Waals surface area contributed by atoms with Gasteiger partial charge in [-0.05, 0) is 30.3 Å². The first-order valence-electron chi connectivity index (χ1n) is 4.91. The van der Waals surface area contributed by atoms with E-state index < -0.39 is 28.7 Å². The number of benzene rings is 1. The Bertz CT molecular complexity index is 679. The zero-order valence-electron chi connectivity index (χ0n) is 8.91. The first-order valence-corrected chi connectivity index (χ1v) is 4.91. The predicted molar refractivity (Wildman–Crippen MR) is 59.4 cm³/mol. The molecule has 1 aromatic heterocycles. The molecule has 0 saturated heterocycles. The number of H-pyrrole nitrogens is 1. The van der Waals surface area contributed by atoms with E-state index in [4.69, 9.17) is 5.11 Å². The van der Waals surface area contributed by atoms with Crippen molar-refractivity contribution in [3.05, 3.63) is 57.9 Å². The minimum absolute atomic E-state index is 0.0157. The molecular weight excluding hydrogens is 244 g/mol. The van der Waals surface area contributed by atoms with E-state index in [1.807, 2.05) is 0 Å². The van der Waals surface area contributed by atoms with Crippen LogP contribution in [0.2, 0.25) is 0 Å². The second-order valence-electron chi connectivity index (χ2n) is 3.54. The van der Waals surface area contributed by atoms with E-state index >= 15 is 0 Å². The molecule has 1 heterocycles. The Hall–Kier alpha value is -2.50. The van der Waals surface area contributed by atoms with E-state index in [9.17, 15) is 18.4 Å². The number of aromatic nitrogens is 1. The lowest BCUT2D eigenvalue weighted by molar-refractivity contribution is 0.0695. The lowest BCUT2D eigenvalue weighted by Crippen LogP contribution is -2.17. The Kier molecular flexibility index (Phi) is 2.93. The van der Waals surface area contributed by atoms with Gasteiger partial charge in [0, 0.05) is 5.56 Å². The van der Waals surface area contributed by atoms with E-state index in [1.165, 1.54) is 6.07 Å². The van der Waals surface area contributed by atoms with Gasteiger partial charge in [0.1, 0.15) is 17.2 Å². The van der Waals surface area contributed by atoms with E-state index in [-0.39, 0.29) is 11.3 Å². The van der Waals surface area contributed by atoms with E-state index in [2.05, 4.69) is 4.98 Å². The maximum atomic E-state index is 13.4. The lowest BCUT2D eigenvalue weighted by atomic mass is 10.1. The summed E-state index contributed by atoms with van der Waals surface area (Å²) in [4.78, 5) is 24.2. The highest BCUT2D eigenvalue weighted by molar-refractivity contribution is 5.87. The number of carboxylic acids is 1. The van der Waals surface area contributed by atoms with Crippen molar-refractivity contribution in [2.45, 2.75) is 0 Å². The largest absolute Gasteiger partial charge is 0.477 e. The van der Waals surface area contributed by atoms with Crippen molar-refractivity contribution in [2.75, 3.05) is 0 Å². The van der Waals surface area contributed by atoms with Gasteiger partial charge in [-0.3, -0.25) is 4.79 Å². The molecule has 18 heavy (non-hydrogen) atoms. The van der Waals surface area contributed by atoms with Gasteiger partial charge in [0.05, 0.1) is 5.69 Å². The van der Waals surface area contributed by atoms with Crippen LogP contribution in [0, 0.1) is 11.6 Å². The zero-order valence-corrected chi connectivity index (χ0v) is 8.91. The molecule has 1 aromatic carbocycles. The van der Waals surface area contributed by atoms with Crippen LogP contribution >= 0.6 is 0 Å². The van der Waals surface area contributed by atoms with Crippen LogP contribution in [0.1, 0.15) is 10.4 Å². The molecule has 0 saturated carbocycles. The predicted octanol–water partition coefficient (Wildman–Crippen LogP) is 2.02. The van der Waals surface area contributed by atoms with Crippen LogP contribution < -0.4 is 5.56 Å². The Labute approximate surface area is 99.5 Å². The van der Waals surface area contributed by atoms with Crippen molar-refractivity contribution >= 4 is 5.97 Å². The zero-order chi connectivity index (χ0) is 13.3. The molecule has 0 unspecified atom stereocenters. The lowest BCUT2D eigenvalue weighted by Gasteiger charge is -2.04. The summed E-state index contributed by atoms with van der Waals surface area (Å²) in [6, 6.07) is 5.04. The fraction of sp³-hybridized carbons (Fsp3) is 0. The fourth-order valence-corrected chi connectivity index (χ4v) is 1.50. The highest BCUT2D eigenvalue weighted by Crippen LogP contribution is 2.20. The molecule has 92 valence electrons. The third-order valence-corrected chi connectivity index (χ3v) is 2.36. The molecule has 0 aliphatic heterocycles. The summed E-state index contributed by atoms with van der Waals surface area (Å²) in [5.74, 6) is -2.76. The topological polar surface area (TPSA) is 70.2 Å². The van der Waals surface area contributed by atoms with Gasteiger partial charge in [0.25, 0.3) is 5.56 Å². The second-order valence-corrected chi connectivity index (χ2v) is 3.54. The Morgan fingerprint density at radius 3 is 2.50 bits per heavy atom. The number of rotatable bonds is 2. The van der Waals surface area contributed by atoms with Gasteiger partial charge >= 0.3 is 5.97 Å². The smallest absolute Gasteiger partial charge is 0.341 e. The molecule has 0 amide bonds. The normalized spacial score (nSPS) is 10.3. The Morgan fingerprint density at radius 2 is 1.89 bits per heavy atom. The first-order chi connectivity index (χ1) is 8.49. The Morgan fingerprint density at radius 1 is 1.17 bits per heavy atom. The third kappa shape index (κ3) is 2.13. The standard InChI is InChI=1S/C12H7F2NO3/c13-6-1-3-9(14)8(5-6)10-4-2-7(12(17)18)11(16)15-10/h1-5H,(H,15,16)(H,17,18). The minimum atomic E-state index is -1.39. The monoisotopic (exact) mass is 251 g/mol. The number of carboxylic acid groups (broad SMARTS) is 1. The van der Waals surface area contributed by atoms with Crippen molar-refractivity contribution in [3.63, 3.8) is 0 Å². The van der Waals surface area contributed by atoms with Gasteiger partial charge in [0.15, 0.2) is 0 Å². The van der Waals surface area contributed by atoms with Crippen molar-refractivity contribution < 1.29 is 18.7 Å². The summed E-state index contributed by atoms with van der Waals surface area (Å²) in [5.41, 5.74) is -1.45. The average molecular weight is 251 g/mol. The van der Waals surface area contributed by atoms with Crippen molar-refractivity contribution in [1.29, 1.82) is 0 Å². The summed E-state index contributed by atoms with van der Waals surface area (Å²) in [7, 11) is 0. The molecule has 4 nitrogen and oxygen atoms in total. The van der Waals surface area contributed by atoms with Crippen LogP contribution in [-0.4, -0.2) is 16.1 Å². The first kappa shape index (κ1) is 12.0. The van der Waals surface area contributed by atoms with Gasteiger partial charge in [-0.2, -0.15) is 0 Å². The molecule has 6 heteroatoms. The molecular formula is C12H7F2NO3. The molecule has 2 aromatic rings. The fourth-order valence-electron chi connectivity index (χ4n) is 1.50. The van der Waals surface area contributed by atoms with Crippen molar-refractivity contribution in [2.24, 2.45) is 0 Å². The number of hydrogen-bond donors (Lipinski definition) is 2. The number of aromatic amines is 1. The number of nitrogens with one attached hydrogen (secondary N) is 1. The maximum absolute atomic E-state index is 13.4. The quantitative estimate of drug-likeness (QED) is 0.857. The maximum Gasteiger partial charge on any atom is 0.341 e. The van der Waals surface area contributed by atoms with Crippen LogP contribution in [0.25, 0.3) is 11.3 Å². The summed E-state index contributed by atoms with van der Waals surface area (Å²) < 4.78 is 26.4. The highest BCUT2D eigenvalue weighted by Gasteiger charge is 2.12. The van der Waals surface area contributed by atoms with Crippen LogP contribution in [0.4, 0.5) is 8.78 Å². The average Bonchev–Trinajstić information content (AvgIpc) is 2.31. The van der Waals surface area contributed by atoms with Crippen molar-refractivity contribution in [1.82, 2.24) is 4.98 Å². The van der Waals surface area contributed by atoms with Crippen molar-refractivity contribution in [3.8, 4) is 11.3 Å². The van der Waals surface area contributed by atoms with Gasteiger partial charge in [0.2, 0.25) is 0 Å². The molecule has 0 aliphatic rings. The molecule has 0 spiro atoms. The summed E-state index contributed by atoms with van der Waals surface area (Å²) in [5, 5.41) is 8.67. The minimum Gasteiger partial charge on any atom is -0.477 e. The summed E-state index contributed by atoms with van der Waals surface area (Å²) in [6.45, 7) is 0. The van der Waals surface area contributed by atoms with Crippen LogP contribution in [0.3, 0.4) is 0 Å². The van der Waals surface area contributed by atoms with Gasteiger partial charge in [-0.15, -0.1) is 0 Å². The third-order valence-electron chi connectivity index (χ3n) is 2.36. The number of pyridine rings is 1. The second kappa shape index (κ2) is 4.40. The summed E-state index contributed by atoms with van der Waals surface area (Å²) in [6.07, 6.45) is 0. The molecule has 0 fully saturated rings. The molecule has 0 radical (unpaired) electrons. The molecule has 2 N–H and O–H groups in total. The van der Waals surface area contributed by atoms with Gasteiger partial charge in [-0.1, -0.05) is 0 Å². The van der Waals surface area contributed by atoms with Gasteiger partial charge in [-0.25, -0.2) is 13.6 Å². The highest BCUT2D eigenvalue weighted by atomic mass is 19.1. The molecule has 0 atom stereocenters. The summed E-state index contributed by atoms with van der Waals surface area (Å²) >= 11 is 0. The number of hydrogen-bond acceptors (Lipinski definition) is 2. The van der Waals surface area contributed by atoms with Gasteiger partial charge < -0.3 is 10.1 Å². The number of carbonyl (C=O) groups is 1. The number of aromatic carboxylic acids is 1. The van der Waals surface area contributed by atoms with E-state index in [0.717, 1.165) is 24.3 Å². The van der Waals surface area contributed by atoms with Crippen LogP contribution in [0.5, 0.6) is 0 Å². The van der Waals surface area contributed by atoms with Crippen LogP contribution in [-0.2, 0) is 0 Å². The molecule has 2 rings (SSSR count). The van der Waals surface area contributed by atoms with E-state index in [0.29, 0.717) is 0 Å².